The predicted molar refractivity (Wildman–Crippen MR) is 117 cm³/mol. The van der Waals surface area contributed by atoms with E-state index in [1.165, 1.54) is 12.1 Å². The molecule has 158 valence electrons. The van der Waals surface area contributed by atoms with Gasteiger partial charge in [0.1, 0.15) is 11.6 Å². The van der Waals surface area contributed by atoms with E-state index in [1.54, 1.807) is 22.8 Å². The molecule has 0 bridgehead atoms. The molecule has 31 heavy (non-hydrogen) atoms. The number of aryl methyl sites for hydroxylation is 2. The molecule has 0 radical (unpaired) electrons. The summed E-state index contributed by atoms with van der Waals surface area (Å²) in [6, 6.07) is 13.8. The molecule has 4 rings (SSSR count). The van der Waals surface area contributed by atoms with Crippen molar-refractivity contribution in [2.75, 3.05) is 6.61 Å². The van der Waals surface area contributed by atoms with Gasteiger partial charge in [0.25, 0.3) is 5.91 Å². The van der Waals surface area contributed by atoms with Gasteiger partial charge in [-0.25, -0.2) is 13.9 Å². The molecule has 1 amide bonds. The van der Waals surface area contributed by atoms with Crippen LogP contribution >= 0.6 is 0 Å². The molecule has 7 heteroatoms. The number of carbonyl (C=O) groups is 1. The Morgan fingerprint density at radius 2 is 1.81 bits per heavy atom. The maximum Gasteiger partial charge on any atom is 0.254 e. The van der Waals surface area contributed by atoms with Gasteiger partial charge in [-0.2, -0.15) is 5.10 Å². The maximum absolute atomic E-state index is 13.3. The Bertz CT molecular complexity index is 1230. The lowest BCUT2D eigenvalue weighted by Gasteiger charge is -2.10. The molecule has 0 saturated carbocycles. The highest BCUT2D eigenvalue weighted by Crippen LogP contribution is 2.28. The Balaban J connectivity index is 1.57. The summed E-state index contributed by atoms with van der Waals surface area (Å²) < 4.78 is 20.4. The van der Waals surface area contributed by atoms with Crippen molar-refractivity contribution < 1.29 is 13.9 Å². The van der Waals surface area contributed by atoms with Crippen molar-refractivity contribution in [2.24, 2.45) is 0 Å². The minimum atomic E-state index is -0.298. The Kier molecular flexibility index (Phi) is 5.66. The van der Waals surface area contributed by atoms with Crippen LogP contribution in [0.1, 0.15) is 34.2 Å². The molecule has 4 aromatic rings. The molecule has 0 aliphatic heterocycles. The largest absolute Gasteiger partial charge is 0.494 e. The summed E-state index contributed by atoms with van der Waals surface area (Å²) >= 11 is 0. The van der Waals surface area contributed by atoms with Crippen LogP contribution in [0.5, 0.6) is 5.75 Å². The third-order valence-electron chi connectivity index (χ3n) is 5.12. The molecule has 0 fully saturated rings. The second-order valence-corrected chi connectivity index (χ2v) is 7.22. The van der Waals surface area contributed by atoms with Crippen LogP contribution in [-0.2, 0) is 6.54 Å². The van der Waals surface area contributed by atoms with Crippen LogP contribution in [0.3, 0.4) is 0 Å². The molecule has 2 aromatic heterocycles. The molecule has 1 N–H and O–H groups in total. The van der Waals surface area contributed by atoms with E-state index in [9.17, 15) is 9.18 Å². The standard InChI is InChI=1S/C24H23FN4O2/c1-4-31-20-11-5-17(6-12-20)13-27-24(30)21-14-26-23-22(15(2)28-29(23)16(21)3)18-7-9-19(25)10-8-18/h5-12,14H,4,13H2,1-3H3,(H,27,30). The van der Waals surface area contributed by atoms with Gasteiger partial charge < -0.3 is 10.1 Å². The second kappa shape index (κ2) is 8.55. The normalized spacial score (nSPS) is 11.0. The Labute approximate surface area is 179 Å². The minimum absolute atomic E-state index is 0.225. The van der Waals surface area contributed by atoms with Crippen LogP contribution in [-0.4, -0.2) is 27.1 Å². The SMILES string of the molecule is CCOc1ccc(CNC(=O)c2cnc3c(-c4ccc(F)cc4)c(C)nn3c2C)cc1. The number of fused-ring (bicyclic) bond motifs is 1. The van der Waals surface area contributed by atoms with Crippen molar-refractivity contribution in [3.8, 4) is 16.9 Å². The van der Waals surface area contributed by atoms with Crippen LogP contribution in [0.2, 0.25) is 0 Å². The lowest BCUT2D eigenvalue weighted by molar-refractivity contribution is 0.0949. The number of benzene rings is 2. The highest BCUT2D eigenvalue weighted by atomic mass is 19.1. The second-order valence-electron chi connectivity index (χ2n) is 7.22. The number of hydrogen-bond donors (Lipinski definition) is 1. The summed E-state index contributed by atoms with van der Waals surface area (Å²) in [6.45, 7) is 6.65. The Morgan fingerprint density at radius 3 is 2.48 bits per heavy atom. The fraction of sp³-hybridized carbons (Fsp3) is 0.208. The summed E-state index contributed by atoms with van der Waals surface area (Å²) in [6.07, 6.45) is 1.56. The lowest BCUT2D eigenvalue weighted by atomic mass is 10.1. The van der Waals surface area contributed by atoms with E-state index in [4.69, 9.17) is 4.74 Å². The molecule has 0 spiro atoms. The molecule has 6 nitrogen and oxygen atoms in total. The van der Waals surface area contributed by atoms with E-state index < -0.39 is 0 Å². The third-order valence-corrected chi connectivity index (χ3v) is 5.12. The highest BCUT2D eigenvalue weighted by molar-refractivity contribution is 5.95. The fourth-order valence-corrected chi connectivity index (χ4v) is 3.53. The Morgan fingerprint density at radius 1 is 1.10 bits per heavy atom. The average molecular weight is 418 g/mol. The topological polar surface area (TPSA) is 68.5 Å². The summed E-state index contributed by atoms with van der Waals surface area (Å²) in [5, 5.41) is 7.50. The van der Waals surface area contributed by atoms with E-state index in [1.807, 2.05) is 45.0 Å². The van der Waals surface area contributed by atoms with Gasteiger partial charge in [-0.3, -0.25) is 4.79 Å². The molecule has 2 heterocycles. The summed E-state index contributed by atoms with van der Waals surface area (Å²) in [5.41, 5.74) is 5.14. The van der Waals surface area contributed by atoms with Gasteiger partial charge in [-0.15, -0.1) is 0 Å². The van der Waals surface area contributed by atoms with E-state index in [-0.39, 0.29) is 11.7 Å². The molecule has 0 unspecified atom stereocenters. The lowest BCUT2D eigenvalue weighted by Crippen LogP contribution is -2.24. The van der Waals surface area contributed by atoms with Crippen LogP contribution in [0.25, 0.3) is 16.8 Å². The van der Waals surface area contributed by atoms with Gasteiger partial charge in [0, 0.05) is 18.3 Å². The number of ether oxygens (including phenoxy) is 1. The van der Waals surface area contributed by atoms with E-state index >= 15 is 0 Å². The van der Waals surface area contributed by atoms with Gasteiger partial charge in [0.05, 0.1) is 23.6 Å². The van der Waals surface area contributed by atoms with Gasteiger partial charge in [-0.1, -0.05) is 24.3 Å². The van der Waals surface area contributed by atoms with Gasteiger partial charge in [0.15, 0.2) is 5.65 Å². The zero-order valence-electron chi connectivity index (χ0n) is 17.6. The van der Waals surface area contributed by atoms with Crippen LogP contribution in [0.4, 0.5) is 4.39 Å². The summed E-state index contributed by atoms with van der Waals surface area (Å²) in [5.74, 6) is 0.278. The van der Waals surface area contributed by atoms with Gasteiger partial charge in [-0.05, 0) is 56.2 Å². The van der Waals surface area contributed by atoms with E-state index in [0.29, 0.717) is 30.1 Å². The molecule has 0 atom stereocenters. The Hall–Kier alpha value is -3.74. The van der Waals surface area contributed by atoms with Gasteiger partial charge >= 0.3 is 0 Å². The van der Waals surface area contributed by atoms with Gasteiger partial charge in [0.2, 0.25) is 0 Å². The summed E-state index contributed by atoms with van der Waals surface area (Å²) in [7, 11) is 0. The average Bonchev–Trinajstić information content (AvgIpc) is 3.11. The number of nitrogens with zero attached hydrogens (tertiary/aromatic N) is 3. The molecular weight excluding hydrogens is 395 g/mol. The third kappa shape index (κ3) is 4.12. The first-order valence-electron chi connectivity index (χ1n) is 10.1. The first-order chi connectivity index (χ1) is 15.0. The number of aromatic nitrogens is 3. The number of nitrogens with one attached hydrogen (secondary N) is 1. The molecule has 0 aliphatic rings. The quantitative estimate of drug-likeness (QED) is 0.501. The zero-order valence-corrected chi connectivity index (χ0v) is 17.6. The predicted octanol–water partition coefficient (Wildman–Crippen LogP) is 4.48. The number of halogens is 1. The van der Waals surface area contributed by atoms with Crippen molar-refractivity contribution in [3.63, 3.8) is 0 Å². The smallest absolute Gasteiger partial charge is 0.254 e. The summed E-state index contributed by atoms with van der Waals surface area (Å²) in [4.78, 5) is 17.3. The molecule has 2 aromatic carbocycles. The number of amides is 1. The van der Waals surface area contributed by atoms with Crippen molar-refractivity contribution >= 4 is 11.6 Å². The van der Waals surface area contributed by atoms with E-state index in [0.717, 1.165) is 28.1 Å². The molecular formula is C24H23FN4O2. The van der Waals surface area contributed by atoms with E-state index in [2.05, 4.69) is 15.4 Å². The minimum Gasteiger partial charge on any atom is -0.494 e. The molecule has 0 aliphatic carbocycles. The fourth-order valence-electron chi connectivity index (χ4n) is 3.53. The van der Waals surface area contributed by atoms with Crippen molar-refractivity contribution in [1.82, 2.24) is 19.9 Å². The maximum atomic E-state index is 13.3. The van der Waals surface area contributed by atoms with Crippen LogP contribution in [0, 0.1) is 19.7 Å². The van der Waals surface area contributed by atoms with Crippen molar-refractivity contribution in [2.45, 2.75) is 27.3 Å². The number of hydrogen-bond acceptors (Lipinski definition) is 4. The first-order valence-corrected chi connectivity index (χ1v) is 10.1. The first kappa shape index (κ1) is 20.5. The highest BCUT2D eigenvalue weighted by Gasteiger charge is 2.18. The number of rotatable bonds is 6. The molecule has 0 saturated heterocycles. The van der Waals surface area contributed by atoms with Crippen LogP contribution < -0.4 is 10.1 Å². The zero-order chi connectivity index (χ0) is 22.0. The number of carbonyl (C=O) groups excluding carboxylic acids is 1. The van der Waals surface area contributed by atoms with Crippen LogP contribution in [0.15, 0.2) is 54.7 Å². The van der Waals surface area contributed by atoms with Crippen molar-refractivity contribution in [1.29, 1.82) is 0 Å². The van der Waals surface area contributed by atoms with Crippen molar-refractivity contribution in [3.05, 3.63) is 83.1 Å². The monoisotopic (exact) mass is 418 g/mol.